The first-order valence-electron chi connectivity index (χ1n) is 7.40. The van der Waals surface area contributed by atoms with Crippen molar-refractivity contribution in [3.63, 3.8) is 0 Å². The number of nitrogens with one attached hydrogen (secondary N) is 1. The van der Waals surface area contributed by atoms with Crippen LogP contribution in [-0.4, -0.2) is 45.0 Å². The van der Waals surface area contributed by atoms with Crippen LogP contribution in [0.15, 0.2) is 64.4 Å². The van der Waals surface area contributed by atoms with Crippen LogP contribution < -0.4 is 5.32 Å². The van der Waals surface area contributed by atoms with Crippen LogP contribution in [0.25, 0.3) is 0 Å². The summed E-state index contributed by atoms with van der Waals surface area (Å²) in [5.74, 6) is 0.556. The number of amides is 1. The number of thioether (sulfide) groups is 1. The van der Waals surface area contributed by atoms with E-state index in [4.69, 9.17) is 0 Å². The van der Waals surface area contributed by atoms with Gasteiger partial charge >= 0.3 is 0 Å². The maximum atomic E-state index is 12.1. The lowest BCUT2D eigenvalue weighted by Gasteiger charge is -2.11. The standard InChI is InChI=1S/C17H20N2O3S2/c1-19(2)24(21,22)16-10-8-14(9-11-16)17(20)18-12-13-23-15-6-4-3-5-7-15/h3-11H,12-13H2,1-2H3,(H,18,20). The lowest BCUT2D eigenvalue weighted by molar-refractivity contribution is 0.0956. The molecule has 0 atom stereocenters. The third kappa shape index (κ3) is 4.83. The van der Waals surface area contributed by atoms with Gasteiger partial charge in [0.1, 0.15) is 0 Å². The molecular weight excluding hydrogens is 344 g/mol. The molecule has 0 spiro atoms. The second-order valence-electron chi connectivity index (χ2n) is 5.23. The molecule has 1 amide bonds. The van der Waals surface area contributed by atoms with Crippen LogP contribution in [0.2, 0.25) is 0 Å². The summed E-state index contributed by atoms with van der Waals surface area (Å²) >= 11 is 1.67. The van der Waals surface area contributed by atoms with Gasteiger partial charge in [0.05, 0.1) is 4.90 Å². The Morgan fingerprint density at radius 2 is 1.67 bits per heavy atom. The fraction of sp³-hybridized carbons (Fsp3) is 0.235. The first-order valence-corrected chi connectivity index (χ1v) is 9.82. The number of hydrogen-bond acceptors (Lipinski definition) is 4. The van der Waals surface area contributed by atoms with E-state index >= 15 is 0 Å². The molecule has 0 aliphatic rings. The van der Waals surface area contributed by atoms with Crippen molar-refractivity contribution in [2.24, 2.45) is 0 Å². The van der Waals surface area contributed by atoms with E-state index in [-0.39, 0.29) is 10.8 Å². The molecule has 0 radical (unpaired) electrons. The summed E-state index contributed by atoms with van der Waals surface area (Å²) < 4.78 is 25.1. The quantitative estimate of drug-likeness (QED) is 0.605. The van der Waals surface area contributed by atoms with E-state index in [9.17, 15) is 13.2 Å². The number of carbonyl (C=O) groups excluding carboxylic acids is 1. The fourth-order valence-electron chi connectivity index (χ4n) is 1.94. The Morgan fingerprint density at radius 3 is 2.25 bits per heavy atom. The van der Waals surface area contributed by atoms with E-state index in [0.717, 1.165) is 15.0 Å². The maximum Gasteiger partial charge on any atom is 0.251 e. The maximum absolute atomic E-state index is 12.1. The molecule has 0 heterocycles. The highest BCUT2D eigenvalue weighted by atomic mass is 32.2. The van der Waals surface area contributed by atoms with Gasteiger partial charge in [-0.15, -0.1) is 11.8 Å². The van der Waals surface area contributed by atoms with Gasteiger partial charge in [-0.25, -0.2) is 12.7 Å². The van der Waals surface area contributed by atoms with E-state index in [1.807, 2.05) is 30.3 Å². The normalized spacial score (nSPS) is 11.5. The summed E-state index contributed by atoms with van der Waals surface area (Å²) in [7, 11) is -0.527. The van der Waals surface area contributed by atoms with Gasteiger partial charge in [-0.3, -0.25) is 4.79 Å². The summed E-state index contributed by atoms with van der Waals surface area (Å²) in [5.41, 5.74) is 0.442. The topological polar surface area (TPSA) is 66.5 Å². The van der Waals surface area contributed by atoms with Crippen LogP contribution in [0.3, 0.4) is 0 Å². The Hall–Kier alpha value is -1.83. The van der Waals surface area contributed by atoms with Crippen molar-refractivity contribution >= 4 is 27.7 Å². The van der Waals surface area contributed by atoms with Gasteiger partial charge in [-0.1, -0.05) is 18.2 Å². The second-order valence-corrected chi connectivity index (χ2v) is 8.55. The number of hydrogen-bond donors (Lipinski definition) is 1. The Balaban J connectivity index is 1.87. The van der Waals surface area contributed by atoms with Gasteiger partial charge in [0.2, 0.25) is 10.0 Å². The van der Waals surface area contributed by atoms with Crippen LogP contribution in [0.1, 0.15) is 10.4 Å². The molecule has 7 heteroatoms. The average molecular weight is 364 g/mol. The largest absolute Gasteiger partial charge is 0.351 e. The average Bonchev–Trinajstić information content (AvgIpc) is 2.59. The van der Waals surface area contributed by atoms with E-state index < -0.39 is 10.0 Å². The van der Waals surface area contributed by atoms with Crippen LogP contribution in [0.5, 0.6) is 0 Å². The zero-order valence-electron chi connectivity index (χ0n) is 13.6. The molecule has 2 rings (SSSR count). The summed E-state index contributed by atoms with van der Waals surface area (Å²) in [6.45, 7) is 0.538. The Labute approximate surface area is 147 Å². The van der Waals surface area contributed by atoms with Crippen LogP contribution >= 0.6 is 11.8 Å². The lowest BCUT2D eigenvalue weighted by atomic mass is 10.2. The Kier molecular flexibility index (Phi) is 6.42. The second kappa shape index (κ2) is 8.32. The highest BCUT2D eigenvalue weighted by molar-refractivity contribution is 7.99. The zero-order chi connectivity index (χ0) is 17.6. The SMILES string of the molecule is CN(C)S(=O)(=O)c1ccc(C(=O)NCCSc2ccccc2)cc1. The van der Waals surface area contributed by atoms with Gasteiger partial charge in [0, 0.05) is 36.9 Å². The monoisotopic (exact) mass is 364 g/mol. The number of nitrogens with zero attached hydrogens (tertiary/aromatic N) is 1. The van der Waals surface area contributed by atoms with Crippen molar-refractivity contribution < 1.29 is 13.2 Å². The summed E-state index contributed by atoms with van der Waals surface area (Å²) in [4.78, 5) is 13.4. The van der Waals surface area contributed by atoms with Crippen molar-refractivity contribution in [1.82, 2.24) is 9.62 Å². The van der Waals surface area contributed by atoms with E-state index in [1.165, 1.54) is 38.4 Å². The minimum atomic E-state index is -3.47. The minimum Gasteiger partial charge on any atom is -0.351 e. The van der Waals surface area contributed by atoms with Crippen LogP contribution in [0.4, 0.5) is 0 Å². The molecule has 24 heavy (non-hydrogen) atoms. The van der Waals surface area contributed by atoms with E-state index in [1.54, 1.807) is 11.8 Å². The molecule has 0 aromatic heterocycles. The first-order chi connectivity index (χ1) is 11.4. The summed E-state index contributed by atoms with van der Waals surface area (Å²) in [5, 5.41) is 2.83. The van der Waals surface area contributed by atoms with Crippen LogP contribution in [-0.2, 0) is 10.0 Å². The third-order valence-corrected chi connectivity index (χ3v) is 6.14. The molecule has 0 bridgehead atoms. The van der Waals surface area contributed by atoms with Gasteiger partial charge in [0.25, 0.3) is 5.91 Å². The predicted molar refractivity (Wildman–Crippen MR) is 96.8 cm³/mol. The lowest BCUT2D eigenvalue weighted by Crippen LogP contribution is -2.26. The predicted octanol–water partition coefficient (Wildman–Crippen LogP) is 2.46. The Morgan fingerprint density at radius 1 is 1.04 bits per heavy atom. The smallest absolute Gasteiger partial charge is 0.251 e. The molecular formula is C17H20N2O3S2. The van der Waals surface area contributed by atoms with Crippen molar-refractivity contribution in [2.75, 3.05) is 26.4 Å². The molecule has 5 nitrogen and oxygen atoms in total. The van der Waals surface area contributed by atoms with Gasteiger partial charge < -0.3 is 5.32 Å². The van der Waals surface area contributed by atoms with Crippen molar-refractivity contribution in [3.05, 3.63) is 60.2 Å². The molecule has 128 valence electrons. The first kappa shape index (κ1) is 18.5. The van der Waals surface area contributed by atoms with Gasteiger partial charge in [0.15, 0.2) is 0 Å². The minimum absolute atomic E-state index is 0.170. The molecule has 1 N–H and O–H groups in total. The molecule has 0 fully saturated rings. The molecule has 2 aromatic carbocycles. The Bertz CT molecular complexity index is 773. The van der Waals surface area contributed by atoms with Gasteiger partial charge in [-0.05, 0) is 36.4 Å². The van der Waals surface area contributed by atoms with E-state index in [2.05, 4.69) is 5.32 Å². The third-order valence-electron chi connectivity index (χ3n) is 3.29. The van der Waals surface area contributed by atoms with Gasteiger partial charge in [-0.2, -0.15) is 0 Å². The van der Waals surface area contributed by atoms with Crippen molar-refractivity contribution in [2.45, 2.75) is 9.79 Å². The number of carbonyl (C=O) groups is 1. The zero-order valence-corrected chi connectivity index (χ0v) is 15.2. The summed E-state index contributed by atoms with van der Waals surface area (Å²) in [6, 6.07) is 15.9. The number of rotatable bonds is 7. The van der Waals surface area contributed by atoms with Crippen molar-refractivity contribution in [3.8, 4) is 0 Å². The molecule has 2 aromatic rings. The molecule has 0 unspecified atom stereocenters. The molecule has 0 saturated carbocycles. The number of benzene rings is 2. The fourth-order valence-corrected chi connectivity index (χ4v) is 3.63. The molecule has 0 saturated heterocycles. The highest BCUT2D eigenvalue weighted by Crippen LogP contribution is 2.16. The molecule has 0 aliphatic heterocycles. The highest BCUT2D eigenvalue weighted by Gasteiger charge is 2.17. The molecule has 0 aliphatic carbocycles. The van der Waals surface area contributed by atoms with E-state index in [0.29, 0.717) is 12.1 Å². The summed E-state index contributed by atoms with van der Waals surface area (Å²) in [6.07, 6.45) is 0. The van der Waals surface area contributed by atoms with Crippen molar-refractivity contribution in [1.29, 1.82) is 0 Å². The van der Waals surface area contributed by atoms with Crippen LogP contribution in [0, 0.1) is 0 Å². The number of sulfonamides is 1.